The molecule has 138 valence electrons. The maximum atomic E-state index is 13.2. The number of nitrogens with zero attached hydrogens (tertiary/aromatic N) is 1. The zero-order valence-corrected chi connectivity index (χ0v) is 15.7. The molecule has 1 saturated heterocycles. The van der Waals surface area contributed by atoms with Crippen molar-refractivity contribution in [1.29, 1.82) is 0 Å². The molecular formula is C21H24ClFN2O. The summed E-state index contributed by atoms with van der Waals surface area (Å²) >= 11 is 5.75. The first-order valence-corrected chi connectivity index (χ1v) is 9.49. The van der Waals surface area contributed by atoms with Crippen LogP contribution in [0.1, 0.15) is 41.3 Å². The SMILES string of the molecule is CCc1ccc(CN2CCC(NC(=O)c3ccc(F)c(Cl)c3)CC2)cc1. The summed E-state index contributed by atoms with van der Waals surface area (Å²) in [5.41, 5.74) is 3.08. The highest BCUT2D eigenvalue weighted by Gasteiger charge is 2.21. The van der Waals surface area contributed by atoms with Crippen LogP contribution in [0.5, 0.6) is 0 Å². The number of carbonyl (C=O) groups excluding carboxylic acids is 1. The minimum atomic E-state index is -0.511. The number of halogens is 2. The first kappa shape index (κ1) is 18.9. The molecule has 5 heteroatoms. The highest BCUT2D eigenvalue weighted by Crippen LogP contribution is 2.18. The third-order valence-corrected chi connectivity index (χ3v) is 5.23. The van der Waals surface area contributed by atoms with Crippen molar-refractivity contribution < 1.29 is 9.18 Å². The standard InChI is InChI=1S/C21H24ClFN2O/c1-2-15-3-5-16(6-4-15)14-25-11-9-18(10-12-25)24-21(26)17-7-8-20(23)19(22)13-17/h3-8,13,18H,2,9-12,14H2,1H3,(H,24,26). The average Bonchev–Trinajstić information content (AvgIpc) is 2.66. The van der Waals surface area contributed by atoms with E-state index in [1.807, 2.05) is 0 Å². The van der Waals surface area contributed by atoms with Crippen LogP contribution in [0.15, 0.2) is 42.5 Å². The fourth-order valence-corrected chi connectivity index (χ4v) is 3.46. The molecule has 2 aromatic carbocycles. The molecule has 1 heterocycles. The largest absolute Gasteiger partial charge is 0.349 e. The Labute approximate surface area is 159 Å². The van der Waals surface area contributed by atoms with E-state index in [1.165, 1.54) is 29.3 Å². The van der Waals surface area contributed by atoms with E-state index in [9.17, 15) is 9.18 Å². The molecule has 0 aromatic heterocycles. The Morgan fingerprint density at radius 2 is 1.81 bits per heavy atom. The lowest BCUT2D eigenvalue weighted by Gasteiger charge is -2.32. The van der Waals surface area contributed by atoms with Gasteiger partial charge in [-0.05, 0) is 48.6 Å². The monoisotopic (exact) mass is 374 g/mol. The lowest BCUT2D eigenvalue weighted by atomic mass is 10.0. The molecule has 1 aliphatic rings. The van der Waals surface area contributed by atoms with Gasteiger partial charge in [0.25, 0.3) is 5.91 Å². The molecule has 0 saturated carbocycles. The highest BCUT2D eigenvalue weighted by atomic mass is 35.5. The molecule has 0 atom stereocenters. The van der Waals surface area contributed by atoms with Gasteiger partial charge in [0.2, 0.25) is 0 Å². The predicted molar refractivity (Wildman–Crippen MR) is 103 cm³/mol. The van der Waals surface area contributed by atoms with E-state index >= 15 is 0 Å². The molecule has 0 unspecified atom stereocenters. The Kier molecular flexibility index (Phi) is 6.28. The molecule has 1 aliphatic heterocycles. The van der Waals surface area contributed by atoms with Crippen molar-refractivity contribution in [2.75, 3.05) is 13.1 Å². The minimum Gasteiger partial charge on any atom is -0.349 e. The van der Waals surface area contributed by atoms with E-state index < -0.39 is 5.82 Å². The molecule has 0 bridgehead atoms. The number of hydrogen-bond acceptors (Lipinski definition) is 2. The van der Waals surface area contributed by atoms with Crippen LogP contribution in [0.2, 0.25) is 5.02 Å². The summed E-state index contributed by atoms with van der Waals surface area (Å²) in [6.45, 7) is 5.00. The zero-order valence-electron chi connectivity index (χ0n) is 15.0. The number of likely N-dealkylation sites (tertiary alicyclic amines) is 1. The van der Waals surface area contributed by atoms with E-state index in [0.717, 1.165) is 38.9 Å². The van der Waals surface area contributed by atoms with Gasteiger partial charge in [0, 0.05) is 31.2 Å². The molecule has 26 heavy (non-hydrogen) atoms. The van der Waals surface area contributed by atoms with Gasteiger partial charge in [-0.25, -0.2) is 4.39 Å². The molecule has 0 spiro atoms. The highest BCUT2D eigenvalue weighted by molar-refractivity contribution is 6.31. The fourth-order valence-electron chi connectivity index (χ4n) is 3.28. The van der Waals surface area contributed by atoms with Crippen LogP contribution in [0.3, 0.4) is 0 Å². The fraction of sp³-hybridized carbons (Fsp3) is 0.381. The summed E-state index contributed by atoms with van der Waals surface area (Å²) in [5, 5.41) is 3.01. The van der Waals surface area contributed by atoms with Gasteiger partial charge in [0.1, 0.15) is 5.82 Å². The van der Waals surface area contributed by atoms with E-state index in [4.69, 9.17) is 11.6 Å². The molecular weight excluding hydrogens is 351 g/mol. The average molecular weight is 375 g/mol. The Morgan fingerprint density at radius 3 is 2.42 bits per heavy atom. The third-order valence-electron chi connectivity index (χ3n) is 4.94. The van der Waals surface area contributed by atoms with Crippen LogP contribution >= 0.6 is 11.6 Å². The number of aryl methyl sites for hydroxylation is 1. The zero-order chi connectivity index (χ0) is 18.5. The Hall–Kier alpha value is -1.91. The Bertz CT molecular complexity index is 755. The van der Waals surface area contributed by atoms with Gasteiger partial charge in [-0.2, -0.15) is 0 Å². The van der Waals surface area contributed by atoms with Crippen molar-refractivity contribution in [3.05, 3.63) is 70.0 Å². The summed E-state index contributed by atoms with van der Waals surface area (Å²) in [7, 11) is 0. The number of piperidine rings is 1. The van der Waals surface area contributed by atoms with Crippen molar-refractivity contribution in [2.24, 2.45) is 0 Å². The maximum Gasteiger partial charge on any atom is 0.251 e. The van der Waals surface area contributed by atoms with Gasteiger partial charge < -0.3 is 5.32 Å². The van der Waals surface area contributed by atoms with Gasteiger partial charge in [-0.3, -0.25) is 9.69 Å². The van der Waals surface area contributed by atoms with Crippen LogP contribution in [0.4, 0.5) is 4.39 Å². The number of rotatable bonds is 5. The van der Waals surface area contributed by atoms with Crippen LogP contribution < -0.4 is 5.32 Å². The summed E-state index contributed by atoms with van der Waals surface area (Å²) in [6.07, 6.45) is 2.88. The van der Waals surface area contributed by atoms with E-state index in [2.05, 4.69) is 41.4 Å². The maximum absolute atomic E-state index is 13.2. The molecule has 3 rings (SSSR count). The van der Waals surface area contributed by atoms with Crippen LogP contribution in [-0.2, 0) is 13.0 Å². The first-order chi connectivity index (χ1) is 12.5. The van der Waals surface area contributed by atoms with Gasteiger partial charge in [0.15, 0.2) is 0 Å². The number of amides is 1. The summed E-state index contributed by atoms with van der Waals surface area (Å²) in [5.74, 6) is -0.705. The molecule has 1 fully saturated rings. The number of nitrogens with one attached hydrogen (secondary N) is 1. The smallest absolute Gasteiger partial charge is 0.251 e. The number of carbonyl (C=O) groups is 1. The molecule has 3 nitrogen and oxygen atoms in total. The van der Waals surface area contributed by atoms with Crippen LogP contribution in [0, 0.1) is 5.82 Å². The summed E-state index contributed by atoms with van der Waals surface area (Å²) in [4.78, 5) is 14.7. The topological polar surface area (TPSA) is 32.3 Å². The van der Waals surface area contributed by atoms with Crippen molar-refractivity contribution in [3.63, 3.8) is 0 Å². The molecule has 2 aromatic rings. The van der Waals surface area contributed by atoms with E-state index in [-0.39, 0.29) is 17.0 Å². The normalized spacial score (nSPS) is 15.8. The molecule has 1 N–H and O–H groups in total. The van der Waals surface area contributed by atoms with E-state index in [0.29, 0.717) is 5.56 Å². The van der Waals surface area contributed by atoms with Gasteiger partial charge in [0.05, 0.1) is 5.02 Å². The molecule has 0 radical (unpaired) electrons. The van der Waals surface area contributed by atoms with Crippen molar-refractivity contribution in [1.82, 2.24) is 10.2 Å². The Morgan fingerprint density at radius 1 is 1.15 bits per heavy atom. The lowest BCUT2D eigenvalue weighted by Crippen LogP contribution is -2.44. The van der Waals surface area contributed by atoms with Crippen molar-refractivity contribution in [3.8, 4) is 0 Å². The summed E-state index contributed by atoms with van der Waals surface area (Å²) in [6, 6.07) is 13.0. The second kappa shape index (κ2) is 8.65. The third kappa shape index (κ3) is 4.83. The second-order valence-corrected chi connectivity index (χ2v) is 7.23. The minimum absolute atomic E-state index is 0.0263. The van der Waals surface area contributed by atoms with Crippen molar-refractivity contribution in [2.45, 2.75) is 38.8 Å². The van der Waals surface area contributed by atoms with Crippen molar-refractivity contribution >= 4 is 17.5 Å². The lowest BCUT2D eigenvalue weighted by molar-refractivity contribution is 0.0909. The van der Waals surface area contributed by atoms with Gasteiger partial charge >= 0.3 is 0 Å². The van der Waals surface area contributed by atoms with Crippen LogP contribution in [0.25, 0.3) is 0 Å². The number of hydrogen-bond donors (Lipinski definition) is 1. The second-order valence-electron chi connectivity index (χ2n) is 6.82. The number of benzene rings is 2. The van der Waals surface area contributed by atoms with Gasteiger partial charge in [-0.1, -0.05) is 42.8 Å². The van der Waals surface area contributed by atoms with Gasteiger partial charge in [-0.15, -0.1) is 0 Å². The molecule has 1 amide bonds. The quantitative estimate of drug-likeness (QED) is 0.839. The Balaban J connectivity index is 1.48. The summed E-state index contributed by atoms with van der Waals surface area (Å²) < 4.78 is 13.2. The molecule has 0 aliphatic carbocycles. The first-order valence-electron chi connectivity index (χ1n) is 9.11. The van der Waals surface area contributed by atoms with E-state index in [1.54, 1.807) is 0 Å². The predicted octanol–water partition coefficient (Wildman–Crippen LogP) is 4.44. The van der Waals surface area contributed by atoms with Crippen LogP contribution in [-0.4, -0.2) is 29.9 Å².